The molecule has 0 bridgehead atoms. The SMILES string of the molecule is COc1ccc(CC(=O)N2CCC[C@H]2c2cc(C(C)C)on2)cc1. The molecule has 1 saturated heterocycles. The van der Waals surface area contributed by atoms with Gasteiger partial charge in [-0.2, -0.15) is 0 Å². The van der Waals surface area contributed by atoms with Gasteiger partial charge in [-0.15, -0.1) is 0 Å². The fourth-order valence-corrected chi connectivity index (χ4v) is 3.13. The van der Waals surface area contributed by atoms with Crippen LogP contribution in [0.3, 0.4) is 0 Å². The highest BCUT2D eigenvalue weighted by Gasteiger charge is 2.32. The van der Waals surface area contributed by atoms with Crippen molar-refractivity contribution in [1.82, 2.24) is 10.1 Å². The zero-order valence-corrected chi connectivity index (χ0v) is 14.5. The van der Waals surface area contributed by atoms with E-state index in [4.69, 9.17) is 9.26 Å². The number of hydrogen-bond donors (Lipinski definition) is 0. The first-order valence-corrected chi connectivity index (χ1v) is 8.47. The predicted molar refractivity (Wildman–Crippen MR) is 91.0 cm³/mol. The molecule has 1 aromatic carbocycles. The molecule has 2 heterocycles. The molecule has 0 spiro atoms. The normalized spacial score (nSPS) is 17.5. The van der Waals surface area contributed by atoms with Crippen LogP contribution in [0.1, 0.15) is 55.7 Å². The molecule has 0 saturated carbocycles. The Morgan fingerprint density at radius 2 is 2.12 bits per heavy atom. The van der Waals surface area contributed by atoms with Crippen LogP contribution < -0.4 is 4.74 Å². The molecule has 0 unspecified atom stereocenters. The number of methoxy groups -OCH3 is 1. The maximum absolute atomic E-state index is 12.7. The Labute approximate surface area is 142 Å². The Balaban J connectivity index is 1.70. The molecule has 0 N–H and O–H groups in total. The summed E-state index contributed by atoms with van der Waals surface area (Å²) in [6.45, 7) is 4.93. The highest BCUT2D eigenvalue weighted by molar-refractivity contribution is 5.79. The number of benzene rings is 1. The van der Waals surface area contributed by atoms with Crippen LogP contribution in [0, 0.1) is 0 Å². The lowest BCUT2D eigenvalue weighted by molar-refractivity contribution is -0.131. The average Bonchev–Trinajstić information content (AvgIpc) is 3.24. The number of likely N-dealkylation sites (tertiary alicyclic amines) is 1. The molecule has 0 aliphatic carbocycles. The summed E-state index contributed by atoms with van der Waals surface area (Å²) >= 11 is 0. The lowest BCUT2D eigenvalue weighted by Gasteiger charge is -2.23. The monoisotopic (exact) mass is 328 g/mol. The van der Waals surface area contributed by atoms with Crippen LogP contribution in [0.25, 0.3) is 0 Å². The molecular formula is C19H24N2O3. The summed E-state index contributed by atoms with van der Waals surface area (Å²) in [4.78, 5) is 14.7. The number of carbonyl (C=O) groups is 1. The molecule has 1 aliphatic heterocycles. The number of amides is 1. The maximum atomic E-state index is 12.7. The standard InChI is InChI=1S/C19H24N2O3/c1-13(2)18-12-16(20-24-18)17-5-4-10-21(17)19(22)11-14-6-8-15(23-3)9-7-14/h6-9,12-13,17H,4-5,10-11H2,1-3H3/t17-/m0/s1. The molecule has 1 amide bonds. The topological polar surface area (TPSA) is 55.6 Å². The fourth-order valence-electron chi connectivity index (χ4n) is 3.13. The van der Waals surface area contributed by atoms with Crippen LogP contribution >= 0.6 is 0 Å². The van der Waals surface area contributed by atoms with Crippen LogP contribution in [0.5, 0.6) is 5.75 Å². The number of nitrogens with zero attached hydrogens (tertiary/aromatic N) is 2. The lowest BCUT2D eigenvalue weighted by atomic mass is 10.1. The summed E-state index contributed by atoms with van der Waals surface area (Å²) in [5.74, 6) is 2.11. The minimum Gasteiger partial charge on any atom is -0.497 e. The number of rotatable bonds is 5. The van der Waals surface area contributed by atoms with E-state index in [1.165, 1.54) is 0 Å². The molecule has 1 aliphatic rings. The van der Waals surface area contributed by atoms with Gasteiger partial charge in [-0.25, -0.2) is 0 Å². The van der Waals surface area contributed by atoms with E-state index in [1.807, 2.05) is 35.2 Å². The first-order chi connectivity index (χ1) is 11.6. The van der Waals surface area contributed by atoms with Crippen molar-refractivity contribution in [2.75, 3.05) is 13.7 Å². The minimum absolute atomic E-state index is 0.0343. The van der Waals surface area contributed by atoms with Crippen molar-refractivity contribution in [2.45, 2.75) is 45.1 Å². The molecule has 5 heteroatoms. The number of aromatic nitrogens is 1. The maximum Gasteiger partial charge on any atom is 0.227 e. The average molecular weight is 328 g/mol. The molecule has 1 aromatic heterocycles. The zero-order valence-electron chi connectivity index (χ0n) is 14.5. The molecule has 24 heavy (non-hydrogen) atoms. The summed E-state index contributed by atoms with van der Waals surface area (Å²) in [6, 6.07) is 9.68. The van der Waals surface area contributed by atoms with E-state index < -0.39 is 0 Å². The van der Waals surface area contributed by atoms with Gasteiger partial charge < -0.3 is 14.2 Å². The van der Waals surface area contributed by atoms with Crippen LogP contribution in [0.4, 0.5) is 0 Å². The van der Waals surface area contributed by atoms with Gasteiger partial charge in [0.05, 0.1) is 19.6 Å². The van der Waals surface area contributed by atoms with Gasteiger partial charge in [0.25, 0.3) is 0 Å². The molecule has 1 atom stereocenters. The summed E-state index contributed by atoms with van der Waals surface area (Å²) in [5.41, 5.74) is 1.87. The van der Waals surface area contributed by atoms with Crippen LogP contribution in [0.15, 0.2) is 34.9 Å². The van der Waals surface area contributed by atoms with E-state index in [0.29, 0.717) is 12.3 Å². The van der Waals surface area contributed by atoms with Gasteiger partial charge in [-0.1, -0.05) is 31.1 Å². The summed E-state index contributed by atoms with van der Waals surface area (Å²) in [7, 11) is 1.64. The van der Waals surface area contributed by atoms with E-state index in [1.54, 1.807) is 7.11 Å². The van der Waals surface area contributed by atoms with Crippen LogP contribution in [-0.2, 0) is 11.2 Å². The van der Waals surface area contributed by atoms with Crippen molar-refractivity contribution < 1.29 is 14.1 Å². The Kier molecular flexibility index (Phi) is 4.88. The van der Waals surface area contributed by atoms with E-state index in [9.17, 15) is 4.79 Å². The van der Waals surface area contributed by atoms with Crippen molar-refractivity contribution in [1.29, 1.82) is 0 Å². The van der Waals surface area contributed by atoms with Gasteiger partial charge in [0.2, 0.25) is 5.91 Å². The van der Waals surface area contributed by atoms with Crippen LogP contribution in [-0.4, -0.2) is 29.6 Å². The molecule has 128 valence electrons. The molecule has 2 aromatic rings. The van der Waals surface area contributed by atoms with Gasteiger partial charge in [0.1, 0.15) is 17.2 Å². The van der Waals surface area contributed by atoms with Gasteiger partial charge in [-0.3, -0.25) is 4.79 Å². The lowest BCUT2D eigenvalue weighted by Crippen LogP contribution is -2.32. The van der Waals surface area contributed by atoms with E-state index in [0.717, 1.165) is 42.2 Å². The van der Waals surface area contributed by atoms with Gasteiger partial charge in [0, 0.05) is 18.5 Å². The smallest absolute Gasteiger partial charge is 0.227 e. The van der Waals surface area contributed by atoms with Gasteiger partial charge in [0.15, 0.2) is 0 Å². The Morgan fingerprint density at radius 1 is 1.38 bits per heavy atom. The first kappa shape index (κ1) is 16.6. The van der Waals surface area contributed by atoms with E-state index in [-0.39, 0.29) is 11.9 Å². The van der Waals surface area contributed by atoms with Crippen molar-refractivity contribution in [3.05, 3.63) is 47.3 Å². The second-order valence-electron chi connectivity index (χ2n) is 6.58. The number of carbonyl (C=O) groups excluding carboxylic acids is 1. The number of hydrogen-bond acceptors (Lipinski definition) is 4. The third kappa shape index (κ3) is 3.45. The van der Waals surface area contributed by atoms with E-state index >= 15 is 0 Å². The zero-order chi connectivity index (χ0) is 17.1. The second-order valence-corrected chi connectivity index (χ2v) is 6.58. The van der Waals surface area contributed by atoms with E-state index in [2.05, 4.69) is 19.0 Å². The third-order valence-electron chi connectivity index (χ3n) is 4.54. The Bertz CT molecular complexity index is 691. The highest BCUT2D eigenvalue weighted by atomic mass is 16.5. The Hall–Kier alpha value is -2.30. The molecule has 0 radical (unpaired) electrons. The quantitative estimate of drug-likeness (QED) is 0.839. The van der Waals surface area contributed by atoms with Crippen molar-refractivity contribution >= 4 is 5.91 Å². The summed E-state index contributed by atoms with van der Waals surface area (Å²) in [5, 5.41) is 4.20. The largest absolute Gasteiger partial charge is 0.497 e. The molecule has 3 rings (SSSR count). The van der Waals surface area contributed by atoms with Crippen molar-refractivity contribution in [3.63, 3.8) is 0 Å². The second kappa shape index (κ2) is 7.07. The van der Waals surface area contributed by atoms with Gasteiger partial charge >= 0.3 is 0 Å². The molecular weight excluding hydrogens is 304 g/mol. The fraction of sp³-hybridized carbons (Fsp3) is 0.474. The van der Waals surface area contributed by atoms with Crippen molar-refractivity contribution in [2.24, 2.45) is 0 Å². The summed E-state index contributed by atoms with van der Waals surface area (Å²) < 4.78 is 10.6. The number of ether oxygens (including phenoxy) is 1. The van der Waals surface area contributed by atoms with Crippen LogP contribution in [0.2, 0.25) is 0 Å². The first-order valence-electron chi connectivity index (χ1n) is 8.47. The van der Waals surface area contributed by atoms with Crippen molar-refractivity contribution in [3.8, 4) is 5.75 Å². The Morgan fingerprint density at radius 3 is 2.75 bits per heavy atom. The molecule has 1 fully saturated rings. The third-order valence-corrected chi connectivity index (χ3v) is 4.54. The predicted octanol–water partition coefficient (Wildman–Crippen LogP) is 3.71. The molecule has 5 nitrogen and oxygen atoms in total. The minimum atomic E-state index is 0.0343. The van der Waals surface area contributed by atoms with Gasteiger partial charge in [-0.05, 0) is 30.5 Å². The summed E-state index contributed by atoms with van der Waals surface area (Å²) in [6.07, 6.45) is 2.34. The highest BCUT2D eigenvalue weighted by Crippen LogP contribution is 2.33.